The van der Waals surface area contributed by atoms with E-state index in [4.69, 9.17) is 21.1 Å². The van der Waals surface area contributed by atoms with E-state index in [0.717, 1.165) is 18.0 Å². The Morgan fingerprint density at radius 2 is 1.76 bits per heavy atom. The molecule has 0 saturated carbocycles. The third-order valence-electron chi connectivity index (χ3n) is 4.83. The lowest BCUT2D eigenvalue weighted by molar-refractivity contribution is 0.0505. The van der Waals surface area contributed by atoms with E-state index in [9.17, 15) is 8.42 Å². The molecule has 2 aromatic rings. The number of rotatable bonds is 8. The molecule has 0 N–H and O–H groups in total. The molecule has 9 heteroatoms. The van der Waals surface area contributed by atoms with Gasteiger partial charge in [-0.2, -0.15) is 4.31 Å². The molecule has 29 heavy (non-hydrogen) atoms. The number of halogens is 2. The van der Waals surface area contributed by atoms with Crippen molar-refractivity contribution in [3.8, 4) is 5.75 Å². The van der Waals surface area contributed by atoms with Gasteiger partial charge in [-0.15, -0.1) is 0 Å². The highest BCUT2D eigenvalue weighted by atomic mass is 79.9. The van der Waals surface area contributed by atoms with Gasteiger partial charge in [0.25, 0.3) is 0 Å². The van der Waals surface area contributed by atoms with Gasteiger partial charge in [-0.25, -0.2) is 8.42 Å². The molecule has 1 fully saturated rings. The average molecular weight is 504 g/mol. The molecule has 0 bridgehead atoms. The Labute approximate surface area is 185 Å². The van der Waals surface area contributed by atoms with Crippen molar-refractivity contribution in [2.45, 2.75) is 11.3 Å². The van der Waals surface area contributed by atoms with E-state index in [1.807, 2.05) is 24.3 Å². The molecular weight excluding hydrogens is 480 g/mol. The summed E-state index contributed by atoms with van der Waals surface area (Å²) in [5, 5.41) is 0.734. The molecular formula is C20H24BrClN2O4S. The summed E-state index contributed by atoms with van der Waals surface area (Å²) >= 11 is 9.29. The predicted octanol–water partition coefficient (Wildman–Crippen LogP) is 3.63. The van der Waals surface area contributed by atoms with Gasteiger partial charge in [-0.3, -0.25) is 0 Å². The van der Waals surface area contributed by atoms with Crippen molar-refractivity contribution < 1.29 is 17.9 Å². The van der Waals surface area contributed by atoms with Crippen LogP contribution in [-0.2, 0) is 21.2 Å². The number of nitrogens with zero attached hydrogens (tertiary/aromatic N) is 2. The summed E-state index contributed by atoms with van der Waals surface area (Å²) in [7, 11) is -2.01. The van der Waals surface area contributed by atoms with Gasteiger partial charge in [-0.05, 0) is 58.2 Å². The van der Waals surface area contributed by atoms with Crippen LogP contribution < -0.4 is 4.74 Å². The molecule has 0 spiro atoms. The van der Waals surface area contributed by atoms with Crippen LogP contribution in [0.3, 0.4) is 0 Å². The molecule has 1 aliphatic heterocycles. The minimum Gasteiger partial charge on any atom is -0.466 e. The standard InChI is InChI=1S/C20H24BrClN2O4S/c1-27-15-28-20-7-6-18(14-19(20)21)29(25,26)24-12-10-23(11-13-24)9-8-16-2-4-17(22)5-3-16/h2-7,14H,8-13,15H2,1H3. The fraction of sp³-hybridized carbons (Fsp3) is 0.400. The van der Waals surface area contributed by atoms with Crippen molar-refractivity contribution in [1.29, 1.82) is 0 Å². The monoisotopic (exact) mass is 502 g/mol. The number of ether oxygens (including phenoxy) is 2. The number of methoxy groups -OCH3 is 1. The van der Waals surface area contributed by atoms with Crippen LogP contribution in [0.4, 0.5) is 0 Å². The van der Waals surface area contributed by atoms with Crippen LogP contribution in [0.15, 0.2) is 51.8 Å². The third kappa shape index (κ3) is 5.93. The molecule has 0 radical (unpaired) electrons. The molecule has 1 aliphatic rings. The first kappa shape index (κ1) is 22.5. The Bertz CT molecular complexity index is 917. The summed E-state index contributed by atoms with van der Waals surface area (Å²) in [6, 6.07) is 12.6. The first-order chi connectivity index (χ1) is 13.9. The maximum Gasteiger partial charge on any atom is 0.243 e. The number of benzene rings is 2. The molecule has 0 atom stereocenters. The van der Waals surface area contributed by atoms with Crippen LogP contribution in [0, 0.1) is 0 Å². The lowest BCUT2D eigenvalue weighted by Gasteiger charge is -2.34. The van der Waals surface area contributed by atoms with Gasteiger partial charge in [0.05, 0.1) is 9.37 Å². The summed E-state index contributed by atoms with van der Waals surface area (Å²) in [4.78, 5) is 2.54. The molecule has 0 aromatic heterocycles. The molecule has 0 aliphatic carbocycles. The summed E-state index contributed by atoms with van der Waals surface area (Å²) in [6.45, 7) is 3.37. The highest BCUT2D eigenvalue weighted by Crippen LogP contribution is 2.29. The van der Waals surface area contributed by atoms with Gasteiger partial charge in [0.1, 0.15) is 5.75 Å². The fourth-order valence-corrected chi connectivity index (χ4v) is 5.38. The SMILES string of the molecule is COCOc1ccc(S(=O)(=O)N2CCN(CCc3ccc(Cl)cc3)CC2)cc1Br. The van der Waals surface area contributed by atoms with Crippen LogP contribution in [0.2, 0.25) is 5.02 Å². The molecule has 0 unspecified atom stereocenters. The van der Waals surface area contributed by atoms with Gasteiger partial charge < -0.3 is 14.4 Å². The molecule has 1 heterocycles. The summed E-state index contributed by atoms with van der Waals surface area (Å²) in [6.07, 6.45) is 0.916. The molecule has 6 nitrogen and oxygen atoms in total. The van der Waals surface area contributed by atoms with Crippen molar-refractivity contribution >= 4 is 37.6 Å². The number of hydrogen-bond donors (Lipinski definition) is 0. The number of sulfonamides is 1. The largest absolute Gasteiger partial charge is 0.466 e. The van der Waals surface area contributed by atoms with Gasteiger partial charge in [0, 0.05) is 44.9 Å². The zero-order valence-corrected chi connectivity index (χ0v) is 19.3. The van der Waals surface area contributed by atoms with E-state index in [1.54, 1.807) is 22.5 Å². The predicted molar refractivity (Wildman–Crippen MR) is 117 cm³/mol. The van der Waals surface area contributed by atoms with Crippen molar-refractivity contribution in [2.24, 2.45) is 0 Å². The smallest absolute Gasteiger partial charge is 0.243 e. The van der Waals surface area contributed by atoms with Gasteiger partial charge in [-0.1, -0.05) is 23.7 Å². The maximum atomic E-state index is 13.0. The molecule has 3 rings (SSSR count). The molecule has 0 amide bonds. The van der Waals surface area contributed by atoms with Crippen molar-refractivity contribution in [1.82, 2.24) is 9.21 Å². The van der Waals surface area contributed by atoms with Crippen LogP contribution in [-0.4, -0.2) is 64.2 Å². The second kappa shape index (κ2) is 10.2. The highest BCUT2D eigenvalue weighted by molar-refractivity contribution is 9.10. The topological polar surface area (TPSA) is 59.1 Å². The second-order valence-electron chi connectivity index (χ2n) is 6.77. The van der Waals surface area contributed by atoms with Gasteiger partial charge in [0.2, 0.25) is 10.0 Å². The number of piperazine rings is 1. The normalized spacial score (nSPS) is 16.1. The fourth-order valence-electron chi connectivity index (χ4n) is 3.16. The summed E-state index contributed by atoms with van der Waals surface area (Å²) in [5.41, 5.74) is 1.23. The van der Waals surface area contributed by atoms with Gasteiger partial charge in [0.15, 0.2) is 6.79 Å². The van der Waals surface area contributed by atoms with Crippen LogP contribution in [0.1, 0.15) is 5.56 Å². The quantitative estimate of drug-likeness (QED) is 0.515. The maximum absolute atomic E-state index is 13.0. The Morgan fingerprint density at radius 1 is 1.07 bits per heavy atom. The van der Waals surface area contributed by atoms with E-state index in [-0.39, 0.29) is 11.7 Å². The lowest BCUT2D eigenvalue weighted by atomic mass is 10.1. The van der Waals surface area contributed by atoms with E-state index >= 15 is 0 Å². The van der Waals surface area contributed by atoms with E-state index < -0.39 is 10.0 Å². The second-order valence-corrected chi connectivity index (χ2v) is 9.99. The van der Waals surface area contributed by atoms with Crippen LogP contribution >= 0.6 is 27.5 Å². The Kier molecular flexibility index (Phi) is 7.95. The van der Waals surface area contributed by atoms with Crippen molar-refractivity contribution in [2.75, 3.05) is 46.6 Å². The summed E-state index contributed by atoms with van der Waals surface area (Å²) in [5.74, 6) is 0.540. The Balaban J connectivity index is 1.56. The summed E-state index contributed by atoms with van der Waals surface area (Å²) < 4.78 is 38.4. The minimum atomic E-state index is -3.54. The van der Waals surface area contributed by atoms with Crippen LogP contribution in [0.25, 0.3) is 0 Å². The zero-order valence-electron chi connectivity index (χ0n) is 16.2. The molecule has 1 saturated heterocycles. The molecule has 2 aromatic carbocycles. The first-order valence-corrected chi connectivity index (χ1v) is 11.9. The van der Waals surface area contributed by atoms with Crippen molar-refractivity contribution in [3.05, 3.63) is 57.5 Å². The minimum absolute atomic E-state index is 0.0999. The molecule has 158 valence electrons. The first-order valence-electron chi connectivity index (χ1n) is 9.28. The van der Waals surface area contributed by atoms with Gasteiger partial charge >= 0.3 is 0 Å². The lowest BCUT2D eigenvalue weighted by Crippen LogP contribution is -2.49. The van der Waals surface area contributed by atoms with Crippen molar-refractivity contribution in [3.63, 3.8) is 0 Å². The van der Waals surface area contributed by atoms with E-state index in [1.165, 1.54) is 12.7 Å². The van der Waals surface area contributed by atoms with Crippen LogP contribution in [0.5, 0.6) is 5.75 Å². The van der Waals surface area contributed by atoms with E-state index in [2.05, 4.69) is 20.8 Å². The Morgan fingerprint density at radius 3 is 2.38 bits per heavy atom. The number of hydrogen-bond acceptors (Lipinski definition) is 5. The zero-order chi connectivity index (χ0) is 20.9. The Hall–Kier alpha value is -1.16. The highest BCUT2D eigenvalue weighted by Gasteiger charge is 2.28. The third-order valence-corrected chi connectivity index (χ3v) is 7.60. The average Bonchev–Trinajstić information content (AvgIpc) is 2.72. The van der Waals surface area contributed by atoms with E-state index in [0.29, 0.717) is 36.4 Å².